The predicted octanol–water partition coefficient (Wildman–Crippen LogP) is 3.63. The van der Waals surface area contributed by atoms with Crippen molar-refractivity contribution < 1.29 is 9.53 Å². The summed E-state index contributed by atoms with van der Waals surface area (Å²) in [5.41, 5.74) is 7.11. The van der Waals surface area contributed by atoms with Crippen molar-refractivity contribution in [2.75, 3.05) is 0 Å². The summed E-state index contributed by atoms with van der Waals surface area (Å²) in [5.74, 6) is 0.507. The van der Waals surface area contributed by atoms with Crippen LogP contribution in [0.5, 0.6) is 5.75 Å². The van der Waals surface area contributed by atoms with Crippen LogP contribution in [0.3, 0.4) is 0 Å². The lowest BCUT2D eigenvalue weighted by Gasteiger charge is -2.11. The van der Waals surface area contributed by atoms with Gasteiger partial charge >= 0.3 is 0 Å². The van der Waals surface area contributed by atoms with Crippen molar-refractivity contribution in [3.63, 3.8) is 0 Å². The number of aromatic nitrogens is 4. The topological polar surface area (TPSA) is 89.9 Å². The molecule has 0 fully saturated rings. The van der Waals surface area contributed by atoms with Crippen LogP contribution < -0.4 is 10.1 Å². The number of hydrogen-bond donors (Lipinski definition) is 1. The molecular weight excluding hydrogens is 378 g/mol. The molecule has 3 rings (SSSR count). The molecule has 0 saturated heterocycles. The van der Waals surface area contributed by atoms with E-state index in [1.54, 1.807) is 6.92 Å². The quantitative estimate of drug-likeness (QED) is 0.674. The third kappa shape index (κ3) is 4.97. The van der Waals surface area contributed by atoms with E-state index < -0.39 is 0 Å². The number of nitrogens with zero attached hydrogens (tertiary/aromatic N) is 4. The molecule has 0 radical (unpaired) electrons. The summed E-state index contributed by atoms with van der Waals surface area (Å²) in [6.07, 6.45) is 0. The number of amides is 1. The Labute approximate surface area is 177 Å². The fourth-order valence-corrected chi connectivity index (χ4v) is 2.95. The minimum atomic E-state index is -0.229. The highest BCUT2D eigenvalue weighted by molar-refractivity contribution is 5.93. The highest BCUT2D eigenvalue weighted by Crippen LogP contribution is 2.16. The van der Waals surface area contributed by atoms with Crippen LogP contribution >= 0.6 is 0 Å². The van der Waals surface area contributed by atoms with E-state index in [2.05, 4.69) is 25.3 Å². The summed E-state index contributed by atoms with van der Waals surface area (Å²) in [7, 11) is 0. The highest BCUT2D eigenvalue weighted by Gasteiger charge is 2.13. The van der Waals surface area contributed by atoms with E-state index >= 15 is 0 Å². The van der Waals surface area contributed by atoms with E-state index in [-0.39, 0.29) is 5.91 Å². The van der Waals surface area contributed by atoms with Crippen molar-refractivity contribution in [1.82, 2.24) is 25.3 Å². The number of aryl methyl sites for hydroxylation is 6. The first-order valence-corrected chi connectivity index (χ1v) is 9.87. The van der Waals surface area contributed by atoms with Crippen LogP contribution in [-0.4, -0.2) is 25.8 Å². The van der Waals surface area contributed by atoms with Crippen molar-refractivity contribution in [1.29, 1.82) is 0 Å². The average molecular weight is 406 g/mol. The SMILES string of the molecule is Cc1nc(C)c(COc2ccc(CNC(=O)c3nc(C)c(C)nc3C)cc2)nc1C. The van der Waals surface area contributed by atoms with Gasteiger partial charge in [0, 0.05) is 6.54 Å². The number of nitrogens with one attached hydrogen (secondary N) is 1. The van der Waals surface area contributed by atoms with Gasteiger partial charge in [-0.2, -0.15) is 0 Å². The van der Waals surface area contributed by atoms with E-state index in [9.17, 15) is 4.79 Å². The molecule has 1 amide bonds. The lowest BCUT2D eigenvalue weighted by Crippen LogP contribution is -2.25. The Morgan fingerprint density at radius 1 is 0.767 bits per heavy atom. The van der Waals surface area contributed by atoms with Crippen molar-refractivity contribution in [2.45, 2.75) is 54.7 Å². The summed E-state index contributed by atoms with van der Waals surface area (Å²) < 4.78 is 5.85. The fraction of sp³-hybridized carbons (Fsp3) is 0.348. The molecule has 0 aliphatic carbocycles. The Morgan fingerprint density at radius 2 is 1.33 bits per heavy atom. The van der Waals surface area contributed by atoms with Gasteiger partial charge in [0.2, 0.25) is 0 Å². The van der Waals surface area contributed by atoms with Gasteiger partial charge in [0.05, 0.1) is 39.9 Å². The zero-order valence-corrected chi connectivity index (χ0v) is 18.3. The lowest BCUT2D eigenvalue weighted by atomic mass is 10.2. The minimum Gasteiger partial charge on any atom is -0.487 e. The summed E-state index contributed by atoms with van der Waals surface area (Å²) in [4.78, 5) is 30.2. The monoisotopic (exact) mass is 405 g/mol. The predicted molar refractivity (Wildman–Crippen MR) is 114 cm³/mol. The average Bonchev–Trinajstić information content (AvgIpc) is 2.71. The Bertz CT molecular complexity index is 1080. The van der Waals surface area contributed by atoms with E-state index in [0.29, 0.717) is 24.5 Å². The van der Waals surface area contributed by atoms with Crippen LogP contribution in [-0.2, 0) is 13.2 Å². The minimum absolute atomic E-state index is 0.229. The Balaban J connectivity index is 1.58. The molecule has 3 aromatic rings. The molecule has 30 heavy (non-hydrogen) atoms. The van der Waals surface area contributed by atoms with Crippen molar-refractivity contribution in [3.05, 3.63) is 75.4 Å². The molecule has 0 spiro atoms. The van der Waals surface area contributed by atoms with E-state index in [1.807, 2.05) is 58.9 Å². The Hall–Kier alpha value is -3.35. The second-order valence-electron chi connectivity index (χ2n) is 7.37. The zero-order valence-electron chi connectivity index (χ0n) is 18.3. The number of carbonyl (C=O) groups is 1. The summed E-state index contributed by atoms with van der Waals surface area (Å²) >= 11 is 0. The van der Waals surface area contributed by atoms with Crippen LogP contribution in [0, 0.1) is 41.5 Å². The Morgan fingerprint density at radius 3 is 2.00 bits per heavy atom. The van der Waals surface area contributed by atoms with Crippen LogP contribution in [0.1, 0.15) is 55.9 Å². The summed E-state index contributed by atoms with van der Waals surface area (Å²) in [6, 6.07) is 7.61. The molecule has 1 N–H and O–H groups in total. The molecule has 7 nitrogen and oxygen atoms in total. The molecule has 156 valence electrons. The molecule has 0 aliphatic heterocycles. The van der Waals surface area contributed by atoms with Gasteiger partial charge in [0.25, 0.3) is 5.91 Å². The third-order valence-corrected chi connectivity index (χ3v) is 5.03. The van der Waals surface area contributed by atoms with Crippen LogP contribution in [0.25, 0.3) is 0 Å². The smallest absolute Gasteiger partial charge is 0.272 e. The molecule has 0 saturated carbocycles. The molecule has 7 heteroatoms. The van der Waals surface area contributed by atoms with Crippen molar-refractivity contribution in [3.8, 4) is 5.75 Å². The van der Waals surface area contributed by atoms with Gasteiger partial charge in [-0.05, 0) is 59.2 Å². The number of benzene rings is 1. The summed E-state index contributed by atoms with van der Waals surface area (Å²) in [5, 5.41) is 2.90. The molecule has 2 heterocycles. The number of carbonyl (C=O) groups excluding carboxylic acids is 1. The zero-order chi connectivity index (χ0) is 21.8. The third-order valence-electron chi connectivity index (χ3n) is 5.03. The van der Waals surface area contributed by atoms with Gasteiger partial charge in [0.15, 0.2) is 0 Å². The molecule has 0 bridgehead atoms. The van der Waals surface area contributed by atoms with Gasteiger partial charge < -0.3 is 10.1 Å². The maximum Gasteiger partial charge on any atom is 0.272 e. The van der Waals surface area contributed by atoms with Gasteiger partial charge in [-0.15, -0.1) is 0 Å². The standard InChI is InChI=1S/C23H27N5O2/c1-13-15(3)27-21(17(5)25-13)12-30-20-9-7-19(8-10-20)11-24-23(29)22-18(6)26-14(2)16(4)28-22/h7-10H,11-12H2,1-6H3,(H,24,29). The second-order valence-corrected chi connectivity index (χ2v) is 7.37. The lowest BCUT2D eigenvalue weighted by molar-refractivity contribution is 0.0944. The Kier molecular flexibility index (Phi) is 6.40. The van der Waals surface area contributed by atoms with Crippen LogP contribution in [0.4, 0.5) is 0 Å². The molecule has 2 aromatic heterocycles. The molecule has 1 aromatic carbocycles. The number of rotatable bonds is 6. The van der Waals surface area contributed by atoms with Gasteiger partial charge in [-0.25, -0.2) is 4.98 Å². The van der Waals surface area contributed by atoms with Gasteiger partial charge in [0.1, 0.15) is 18.1 Å². The van der Waals surface area contributed by atoms with E-state index in [4.69, 9.17) is 4.74 Å². The van der Waals surface area contributed by atoms with E-state index in [1.165, 1.54) is 0 Å². The normalized spacial score (nSPS) is 10.7. The van der Waals surface area contributed by atoms with Crippen LogP contribution in [0.2, 0.25) is 0 Å². The summed E-state index contributed by atoms with van der Waals surface area (Å²) in [6.45, 7) is 12.1. The van der Waals surface area contributed by atoms with E-state index in [0.717, 1.165) is 45.5 Å². The second kappa shape index (κ2) is 8.98. The largest absolute Gasteiger partial charge is 0.487 e. The maximum atomic E-state index is 12.5. The number of ether oxygens (including phenoxy) is 1. The molecule has 0 unspecified atom stereocenters. The van der Waals surface area contributed by atoms with Gasteiger partial charge in [-0.3, -0.25) is 19.7 Å². The van der Waals surface area contributed by atoms with Crippen molar-refractivity contribution >= 4 is 5.91 Å². The molecule has 0 atom stereocenters. The van der Waals surface area contributed by atoms with Crippen LogP contribution in [0.15, 0.2) is 24.3 Å². The first-order valence-electron chi connectivity index (χ1n) is 9.87. The van der Waals surface area contributed by atoms with Gasteiger partial charge in [-0.1, -0.05) is 12.1 Å². The molecule has 0 aliphatic rings. The van der Waals surface area contributed by atoms with Crippen molar-refractivity contribution in [2.24, 2.45) is 0 Å². The number of hydrogen-bond acceptors (Lipinski definition) is 6. The first kappa shape index (κ1) is 21.4. The molecular formula is C23H27N5O2. The highest BCUT2D eigenvalue weighted by atomic mass is 16.5. The fourth-order valence-electron chi connectivity index (χ4n) is 2.95. The first-order chi connectivity index (χ1) is 14.2. The maximum absolute atomic E-state index is 12.5.